The van der Waals surface area contributed by atoms with Gasteiger partial charge in [-0.25, -0.2) is 0 Å². The van der Waals surface area contributed by atoms with E-state index in [1.165, 1.54) is 12.1 Å². The highest BCUT2D eigenvalue weighted by Gasteiger charge is 2.33. The summed E-state index contributed by atoms with van der Waals surface area (Å²) >= 11 is 5.52. The molecule has 2 nitrogen and oxygen atoms in total. The summed E-state index contributed by atoms with van der Waals surface area (Å²) in [5.74, 6) is -0.527. The highest BCUT2D eigenvalue weighted by molar-refractivity contribution is 6.31. The van der Waals surface area contributed by atoms with E-state index >= 15 is 0 Å². The van der Waals surface area contributed by atoms with Crippen molar-refractivity contribution in [3.63, 3.8) is 0 Å². The Hall–Kier alpha value is -2.27. The first-order valence-electron chi connectivity index (χ1n) is 6.68. The van der Waals surface area contributed by atoms with Crippen LogP contribution < -0.4 is 5.32 Å². The number of carbonyl (C=O) groups is 1. The quantitative estimate of drug-likeness (QED) is 0.753. The summed E-state index contributed by atoms with van der Waals surface area (Å²) in [6.07, 6.45) is -1.74. The Kier molecular flexibility index (Phi) is 5.11. The van der Waals surface area contributed by atoms with Crippen molar-refractivity contribution < 1.29 is 18.0 Å². The summed E-state index contributed by atoms with van der Waals surface area (Å²) in [5, 5.41) is 1.97. The molecule has 0 spiro atoms. The molecule has 0 saturated heterocycles. The normalized spacial score (nSPS) is 11.7. The average molecular weight is 340 g/mol. The molecule has 0 aliphatic heterocycles. The minimum atomic E-state index is -4.57. The van der Waals surface area contributed by atoms with Gasteiger partial charge in [0, 0.05) is 11.8 Å². The van der Waals surface area contributed by atoms with Crippen LogP contribution >= 0.6 is 11.6 Å². The molecule has 1 amide bonds. The van der Waals surface area contributed by atoms with E-state index in [1.54, 1.807) is 6.08 Å². The molecule has 0 fully saturated rings. The van der Waals surface area contributed by atoms with Gasteiger partial charge in [0.05, 0.1) is 10.6 Å². The lowest BCUT2D eigenvalue weighted by Gasteiger charge is -2.11. The second-order valence-electron chi connectivity index (χ2n) is 4.93. The van der Waals surface area contributed by atoms with Crippen LogP contribution in [0.1, 0.15) is 16.7 Å². The largest absolute Gasteiger partial charge is 0.417 e. The number of hydrogen-bond donors (Lipinski definition) is 1. The predicted octanol–water partition coefficient (Wildman–Crippen LogP) is 5.32. The number of benzene rings is 2. The molecule has 0 saturated carbocycles. The molecule has 0 aromatic heterocycles. The Balaban J connectivity index is 2.10. The van der Waals surface area contributed by atoms with Crippen molar-refractivity contribution >= 4 is 29.3 Å². The zero-order valence-corrected chi connectivity index (χ0v) is 12.9. The number of aryl methyl sites for hydroxylation is 1. The lowest BCUT2D eigenvalue weighted by atomic mass is 10.1. The smallest absolute Gasteiger partial charge is 0.322 e. The van der Waals surface area contributed by atoms with Gasteiger partial charge >= 0.3 is 6.18 Å². The summed E-state index contributed by atoms with van der Waals surface area (Å²) in [4.78, 5) is 11.8. The van der Waals surface area contributed by atoms with E-state index in [-0.39, 0.29) is 5.69 Å². The summed E-state index contributed by atoms with van der Waals surface area (Å²) in [7, 11) is 0. The summed E-state index contributed by atoms with van der Waals surface area (Å²) in [5.41, 5.74) is 0.949. The summed E-state index contributed by atoms with van der Waals surface area (Å²) < 4.78 is 38.3. The van der Waals surface area contributed by atoms with Crippen LogP contribution in [0, 0.1) is 6.92 Å². The number of carbonyl (C=O) groups excluding carboxylic acids is 1. The van der Waals surface area contributed by atoms with Gasteiger partial charge < -0.3 is 5.32 Å². The zero-order chi connectivity index (χ0) is 17.0. The molecule has 0 unspecified atom stereocenters. The van der Waals surface area contributed by atoms with Crippen LogP contribution in [0.15, 0.2) is 48.5 Å². The number of hydrogen-bond acceptors (Lipinski definition) is 1. The maximum atomic E-state index is 12.8. The van der Waals surface area contributed by atoms with Crippen LogP contribution in [0.2, 0.25) is 5.02 Å². The Morgan fingerprint density at radius 1 is 1.13 bits per heavy atom. The molecule has 2 aromatic rings. The van der Waals surface area contributed by atoms with Crippen LogP contribution in [-0.4, -0.2) is 5.91 Å². The third-order valence-corrected chi connectivity index (χ3v) is 3.37. The van der Waals surface area contributed by atoms with Gasteiger partial charge in [0.25, 0.3) is 0 Å². The standard InChI is InChI=1S/C17H13ClF3NO/c1-11-2-4-12(5-3-11)6-9-16(23)22-13-7-8-15(18)14(10-13)17(19,20)21/h2-10H,1H3,(H,22,23)/b9-6+. The monoisotopic (exact) mass is 339 g/mol. The van der Waals surface area contributed by atoms with Crippen molar-refractivity contribution in [2.45, 2.75) is 13.1 Å². The molecule has 0 heterocycles. The van der Waals surface area contributed by atoms with E-state index in [9.17, 15) is 18.0 Å². The minimum absolute atomic E-state index is 0.0280. The topological polar surface area (TPSA) is 29.1 Å². The van der Waals surface area contributed by atoms with Gasteiger partial charge in [0.2, 0.25) is 5.91 Å². The van der Waals surface area contributed by atoms with Crippen LogP contribution in [0.3, 0.4) is 0 Å². The number of rotatable bonds is 3. The van der Waals surface area contributed by atoms with Crippen molar-refractivity contribution in [3.8, 4) is 0 Å². The van der Waals surface area contributed by atoms with Crippen LogP contribution in [0.5, 0.6) is 0 Å². The van der Waals surface area contributed by atoms with Gasteiger partial charge in [-0.05, 0) is 36.8 Å². The molecule has 0 bridgehead atoms. The number of halogens is 4. The molecule has 1 N–H and O–H groups in total. The minimum Gasteiger partial charge on any atom is -0.322 e. The fourth-order valence-electron chi connectivity index (χ4n) is 1.85. The highest BCUT2D eigenvalue weighted by Crippen LogP contribution is 2.36. The van der Waals surface area contributed by atoms with E-state index in [0.717, 1.165) is 23.3 Å². The van der Waals surface area contributed by atoms with Crippen LogP contribution in [0.25, 0.3) is 6.08 Å². The van der Waals surface area contributed by atoms with E-state index in [1.807, 2.05) is 31.2 Å². The SMILES string of the molecule is Cc1ccc(/C=C/C(=O)Nc2ccc(Cl)c(C(F)(F)F)c2)cc1. The molecular formula is C17H13ClF3NO. The fourth-order valence-corrected chi connectivity index (χ4v) is 2.08. The molecular weight excluding hydrogens is 327 g/mol. The first-order chi connectivity index (χ1) is 10.8. The predicted molar refractivity (Wildman–Crippen MR) is 85.3 cm³/mol. The first kappa shape index (κ1) is 17.1. The fraction of sp³-hybridized carbons (Fsp3) is 0.118. The maximum Gasteiger partial charge on any atom is 0.417 e. The third kappa shape index (κ3) is 4.86. The van der Waals surface area contributed by atoms with E-state index < -0.39 is 22.7 Å². The van der Waals surface area contributed by atoms with E-state index in [4.69, 9.17) is 11.6 Å². The van der Waals surface area contributed by atoms with Gasteiger partial charge in [-0.3, -0.25) is 4.79 Å². The molecule has 2 rings (SSSR count). The first-order valence-corrected chi connectivity index (χ1v) is 7.06. The van der Waals surface area contributed by atoms with Crippen molar-refractivity contribution in [2.75, 3.05) is 5.32 Å². The van der Waals surface area contributed by atoms with Crippen molar-refractivity contribution in [2.24, 2.45) is 0 Å². The van der Waals surface area contributed by atoms with Crippen molar-refractivity contribution in [1.82, 2.24) is 0 Å². The lowest BCUT2D eigenvalue weighted by Crippen LogP contribution is -2.11. The Labute approximate surface area is 136 Å². The molecule has 23 heavy (non-hydrogen) atoms. The molecule has 0 aliphatic rings. The molecule has 0 radical (unpaired) electrons. The number of nitrogens with one attached hydrogen (secondary N) is 1. The molecule has 2 aromatic carbocycles. The third-order valence-electron chi connectivity index (χ3n) is 3.04. The number of alkyl halides is 3. The highest BCUT2D eigenvalue weighted by atomic mass is 35.5. The van der Waals surface area contributed by atoms with Gasteiger partial charge in [-0.15, -0.1) is 0 Å². The zero-order valence-electron chi connectivity index (χ0n) is 12.1. The second kappa shape index (κ2) is 6.87. The van der Waals surface area contributed by atoms with Crippen LogP contribution in [0.4, 0.5) is 18.9 Å². The van der Waals surface area contributed by atoms with Crippen molar-refractivity contribution in [1.29, 1.82) is 0 Å². The van der Waals surface area contributed by atoms with Gasteiger partial charge in [-0.1, -0.05) is 41.4 Å². The summed E-state index contributed by atoms with van der Waals surface area (Å²) in [6.45, 7) is 1.94. The van der Waals surface area contributed by atoms with Crippen molar-refractivity contribution in [3.05, 3.63) is 70.3 Å². The maximum absolute atomic E-state index is 12.8. The van der Waals surface area contributed by atoms with Gasteiger partial charge in [-0.2, -0.15) is 13.2 Å². The molecule has 120 valence electrons. The second-order valence-corrected chi connectivity index (χ2v) is 5.33. The molecule has 0 aliphatic carbocycles. The van der Waals surface area contributed by atoms with Crippen LogP contribution in [-0.2, 0) is 11.0 Å². The van der Waals surface area contributed by atoms with E-state index in [2.05, 4.69) is 5.32 Å². The molecule has 0 atom stereocenters. The van der Waals surface area contributed by atoms with Gasteiger partial charge in [0.15, 0.2) is 0 Å². The Bertz CT molecular complexity index is 736. The van der Waals surface area contributed by atoms with E-state index in [0.29, 0.717) is 0 Å². The number of anilines is 1. The Morgan fingerprint density at radius 3 is 2.39 bits per heavy atom. The summed E-state index contributed by atoms with van der Waals surface area (Å²) in [6, 6.07) is 10.7. The molecule has 6 heteroatoms. The lowest BCUT2D eigenvalue weighted by molar-refractivity contribution is -0.137. The number of amides is 1. The average Bonchev–Trinajstić information content (AvgIpc) is 2.47. The Morgan fingerprint density at radius 2 is 1.78 bits per heavy atom. The van der Waals surface area contributed by atoms with Gasteiger partial charge in [0.1, 0.15) is 0 Å².